The lowest BCUT2D eigenvalue weighted by Gasteiger charge is -2.25. The molecule has 0 radical (unpaired) electrons. The van der Waals surface area contributed by atoms with Gasteiger partial charge in [-0.2, -0.15) is 0 Å². The Balaban J connectivity index is 2.47. The van der Waals surface area contributed by atoms with E-state index in [1.807, 2.05) is 6.07 Å². The summed E-state index contributed by atoms with van der Waals surface area (Å²) in [4.78, 5) is 4.74. The SMILES string of the molecule is CCCN(CCC(N)c1ccccc1Br)CCN(C)C. The monoisotopic (exact) mass is 341 g/mol. The third kappa shape index (κ3) is 6.35. The standard InChI is InChI=1S/C16H28BrN3/c1-4-10-20(13-12-19(2)3)11-9-16(18)14-7-5-6-8-15(14)17/h5-8,16H,4,9-13,18H2,1-3H3. The number of rotatable bonds is 9. The number of likely N-dealkylation sites (N-methyl/N-ethyl adjacent to an activating group) is 1. The first-order valence-electron chi connectivity index (χ1n) is 7.41. The molecule has 1 aromatic rings. The minimum atomic E-state index is 0.101. The molecule has 0 aliphatic rings. The zero-order valence-corrected chi connectivity index (χ0v) is 14.6. The highest BCUT2D eigenvalue weighted by Crippen LogP contribution is 2.23. The number of nitrogens with two attached hydrogens (primary N) is 1. The molecule has 1 rings (SSSR count). The number of hydrogen-bond acceptors (Lipinski definition) is 3. The van der Waals surface area contributed by atoms with Crippen molar-refractivity contribution >= 4 is 15.9 Å². The number of halogens is 1. The second-order valence-corrected chi connectivity index (χ2v) is 6.42. The Kier molecular flexibility index (Phi) is 8.38. The Morgan fingerprint density at radius 3 is 2.40 bits per heavy atom. The van der Waals surface area contributed by atoms with E-state index in [0.717, 1.165) is 37.1 Å². The van der Waals surface area contributed by atoms with Crippen LogP contribution in [-0.4, -0.2) is 50.1 Å². The molecule has 0 saturated carbocycles. The second kappa shape index (κ2) is 9.50. The molecule has 0 aliphatic heterocycles. The van der Waals surface area contributed by atoms with Crippen LogP contribution >= 0.6 is 15.9 Å². The predicted octanol–water partition coefficient (Wildman–Crippen LogP) is 3.11. The van der Waals surface area contributed by atoms with E-state index in [1.165, 1.54) is 12.0 Å². The maximum Gasteiger partial charge on any atom is 0.0318 e. The Bertz CT molecular complexity index is 382. The van der Waals surface area contributed by atoms with Crippen LogP contribution in [0.1, 0.15) is 31.4 Å². The van der Waals surface area contributed by atoms with Gasteiger partial charge in [0, 0.05) is 23.6 Å². The molecule has 0 bridgehead atoms. The summed E-state index contributed by atoms with van der Waals surface area (Å²) in [5.74, 6) is 0. The lowest BCUT2D eigenvalue weighted by Crippen LogP contribution is -2.34. The van der Waals surface area contributed by atoms with Crippen molar-refractivity contribution in [1.29, 1.82) is 0 Å². The summed E-state index contributed by atoms with van der Waals surface area (Å²) in [5, 5.41) is 0. The summed E-state index contributed by atoms with van der Waals surface area (Å²) in [6.07, 6.45) is 2.19. The first-order chi connectivity index (χ1) is 9.54. The van der Waals surface area contributed by atoms with Gasteiger partial charge >= 0.3 is 0 Å². The lowest BCUT2D eigenvalue weighted by atomic mass is 10.0. The first kappa shape index (κ1) is 17.6. The fourth-order valence-electron chi connectivity index (χ4n) is 2.25. The van der Waals surface area contributed by atoms with Crippen LogP contribution in [0.3, 0.4) is 0 Å². The van der Waals surface area contributed by atoms with Gasteiger partial charge in [0.1, 0.15) is 0 Å². The van der Waals surface area contributed by atoms with E-state index < -0.39 is 0 Å². The largest absolute Gasteiger partial charge is 0.324 e. The zero-order valence-electron chi connectivity index (χ0n) is 13.0. The van der Waals surface area contributed by atoms with Crippen LogP contribution in [0.2, 0.25) is 0 Å². The van der Waals surface area contributed by atoms with E-state index >= 15 is 0 Å². The predicted molar refractivity (Wildman–Crippen MR) is 91.0 cm³/mol. The van der Waals surface area contributed by atoms with Crippen LogP contribution in [0, 0.1) is 0 Å². The van der Waals surface area contributed by atoms with Crippen molar-refractivity contribution in [3.05, 3.63) is 34.3 Å². The summed E-state index contributed by atoms with van der Waals surface area (Å²) < 4.78 is 1.11. The van der Waals surface area contributed by atoms with Gasteiger partial charge in [-0.25, -0.2) is 0 Å². The molecule has 0 fully saturated rings. The minimum absolute atomic E-state index is 0.101. The Hall–Kier alpha value is -0.420. The van der Waals surface area contributed by atoms with Crippen molar-refractivity contribution in [3.63, 3.8) is 0 Å². The molecule has 20 heavy (non-hydrogen) atoms. The van der Waals surface area contributed by atoms with E-state index in [4.69, 9.17) is 5.73 Å². The Morgan fingerprint density at radius 1 is 1.10 bits per heavy atom. The van der Waals surface area contributed by atoms with Crippen LogP contribution in [0.25, 0.3) is 0 Å². The molecule has 0 aliphatic carbocycles. The van der Waals surface area contributed by atoms with Crippen molar-refractivity contribution in [2.24, 2.45) is 5.73 Å². The molecule has 0 aromatic heterocycles. The molecule has 0 heterocycles. The number of hydrogen-bond donors (Lipinski definition) is 1. The summed E-state index contributed by atoms with van der Waals surface area (Å²) in [6, 6.07) is 8.35. The first-order valence-corrected chi connectivity index (χ1v) is 8.21. The summed E-state index contributed by atoms with van der Waals surface area (Å²) >= 11 is 3.58. The quantitative estimate of drug-likeness (QED) is 0.748. The van der Waals surface area contributed by atoms with Gasteiger partial charge in [-0.15, -0.1) is 0 Å². The van der Waals surface area contributed by atoms with E-state index in [0.29, 0.717) is 0 Å². The van der Waals surface area contributed by atoms with Crippen molar-refractivity contribution in [2.45, 2.75) is 25.8 Å². The fraction of sp³-hybridized carbons (Fsp3) is 0.625. The molecule has 1 unspecified atom stereocenters. The summed E-state index contributed by atoms with van der Waals surface area (Å²) in [6.45, 7) is 6.66. The van der Waals surface area contributed by atoms with Crippen LogP contribution in [0.5, 0.6) is 0 Å². The van der Waals surface area contributed by atoms with Crippen molar-refractivity contribution in [3.8, 4) is 0 Å². The average Bonchev–Trinajstić information content (AvgIpc) is 2.42. The molecule has 1 atom stereocenters. The molecule has 4 heteroatoms. The van der Waals surface area contributed by atoms with E-state index in [1.54, 1.807) is 0 Å². The van der Waals surface area contributed by atoms with Gasteiger partial charge in [-0.1, -0.05) is 41.1 Å². The Labute approximate surface area is 132 Å². The van der Waals surface area contributed by atoms with E-state index in [9.17, 15) is 0 Å². The highest BCUT2D eigenvalue weighted by molar-refractivity contribution is 9.10. The summed E-state index contributed by atoms with van der Waals surface area (Å²) in [7, 11) is 4.24. The van der Waals surface area contributed by atoms with Crippen LogP contribution in [0.4, 0.5) is 0 Å². The van der Waals surface area contributed by atoms with Gasteiger partial charge < -0.3 is 15.5 Å². The smallest absolute Gasteiger partial charge is 0.0318 e. The average molecular weight is 342 g/mol. The highest BCUT2D eigenvalue weighted by atomic mass is 79.9. The Morgan fingerprint density at radius 2 is 1.80 bits per heavy atom. The van der Waals surface area contributed by atoms with Gasteiger partial charge in [0.25, 0.3) is 0 Å². The molecule has 2 N–H and O–H groups in total. The minimum Gasteiger partial charge on any atom is -0.324 e. The normalized spacial score (nSPS) is 13.2. The zero-order chi connectivity index (χ0) is 15.0. The van der Waals surface area contributed by atoms with Gasteiger partial charge in [0.15, 0.2) is 0 Å². The molecule has 0 saturated heterocycles. The lowest BCUT2D eigenvalue weighted by molar-refractivity contribution is 0.234. The number of nitrogens with zero attached hydrogens (tertiary/aromatic N) is 2. The summed E-state index contributed by atoms with van der Waals surface area (Å²) in [5.41, 5.74) is 7.53. The molecular formula is C16H28BrN3. The fourth-order valence-corrected chi connectivity index (χ4v) is 2.82. The molecule has 114 valence electrons. The topological polar surface area (TPSA) is 32.5 Å². The second-order valence-electron chi connectivity index (χ2n) is 5.56. The van der Waals surface area contributed by atoms with Gasteiger partial charge in [-0.05, 0) is 51.7 Å². The molecule has 3 nitrogen and oxygen atoms in total. The number of benzene rings is 1. The maximum atomic E-state index is 6.33. The van der Waals surface area contributed by atoms with E-state index in [2.05, 4.69) is 64.9 Å². The van der Waals surface area contributed by atoms with Crippen molar-refractivity contribution in [2.75, 3.05) is 40.3 Å². The molecule has 1 aromatic carbocycles. The van der Waals surface area contributed by atoms with Gasteiger partial charge in [0.05, 0.1) is 0 Å². The maximum absolute atomic E-state index is 6.33. The molecule has 0 amide bonds. The van der Waals surface area contributed by atoms with Crippen LogP contribution in [-0.2, 0) is 0 Å². The van der Waals surface area contributed by atoms with Crippen LogP contribution in [0.15, 0.2) is 28.7 Å². The molecule has 0 spiro atoms. The van der Waals surface area contributed by atoms with Crippen LogP contribution < -0.4 is 5.73 Å². The van der Waals surface area contributed by atoms with Crippen molar-refractivity contribution < 1.29 is 0 Å². The third-order valence-electron chi connectivity index (χ3n) is 3.46. The third-order valence-corrected chi connectivity index (χ3v) is 4.19. The highest BCUT2D eigenvalue weighted by Gasteiger charge is 2.12. The van der Waals surface area contributed by atoms with E-state index in [-0.39, 0.29) is 6.04 Å². The van der Waals surface area contributed by atoms with Crippen molar-refractivity contribution in [1.82, 2.24) is 9.80 Å². The molecular weight excluding hydrogens is 314 g/mol. The van der Waals surface area contributed by atoms with Gasteiger partial charge in [-0.3, -0.25) is 0 Å². The van der Waals surface area contributed by atoms with Gasteiger partial charge in [0.2, 0.25) is 0 Å².